The summed E-state index contributed by atoms with van der Waals surface area (Å²) < 4.78 is 0. The Bertz CT molecular complexity index is 542. The van der Waals surface area contributed by atoms with E-state index in [-0.39, 0.29) is 12.6 Å². The van der Waals surface area contributed by atoms with Crippen molar-refractivity contribution in [1.29, 1.82) is 0 Å². The Balaban J connectivity index is 2.28. The van der Waals surface area contributed by atoms with Crippen LogP contribution in [-0.2, 0) is 11.2 Å². The van der Waals surface area contributed by atoms with Crippen LogP contribution in [0.4, 0.5) is 10.5 Å². The van der Waals surface area contributed by atoms with Crippen molar-refractivity contribution < 1.29 is 14.7 Å². The quantitative estimate of drug-likeness (QED) is 0.930. The van der Waals surface area contributed by atoms with Gasteiger partial charge in [-0.05, 0) is 24.0 Å². The maximum absolute atomic E-state index is 12.6. The number of benzene rings is 1. The van der Waals surface area contributed by atoms with Gasteiger partial charge in [-0.15, -0.1) is 0 Å². The fourth-order valence-corrected chi connectivity index (χ4v) is 2.77. The number of nitrogens with zero attached hydrogens (tertiary/aromatic N) is 2. The minimum absolute atomic E-state index is 0.137. The van der Waals surface area contributed by atoms with Crippen LogP contribution in [0.1, 0.15) is 19.4 Å². The van der Waals surface area contributed by atoms with E-state index in [1.54, 1.807) is 16.8 Å². The molecule has 2 amide bonds. The standard InChI is InChI=1S/C16H22N2O3/c1-11(2)9-17(3)16(21)18-10-13(15(19)20)8-12-6-4-5-7-14(12)18/h4-7,11,13H,8-10H2,1-3H3,(H,19,20). The lowest BCUT2D eigenvalue weighted by molar-refractivity contribution is -0.141. The first-order chi connectivity index (χ1) is 9.90. The number of urea groups is 1. The molecule has 0 radical (unpaired) electrons. The molecule has 5 nitrogen and oxygen atoms in total. The lowest BCUT2D eigenvalue weighted by Gasteiger charge is -2.35. The first-order valence-corrected chi connectivity index (χ1v) is 7.23. The van der Waals surface area contributed by atoms with E-state index >= 15 is 0 Å². The van der Waals surface area contributed by atoms with Gasteiger partial charge in [-0.2, -0.15) is 0 Å². The summed E-state index contributed by atoms with van der Waals surface area (Å²) in [5, 5.41) is 9.30. The van der Waals surface area contributed by atoms with Crippen molar-refractivity contribution in [3.05, 3.63) is 29.8 Å². The summed E-state index contributed by atoms with van der Waals surface area (Å²) in [6.45, 7) is 4.98. The number of para-hydroxylation sites is 1. The maximum atomic E-state index is 12.6. The molecule has 114 valence electrons. The molecule has 5 heteroatoms. The zero-order valence-corrected chi connectivity index (χ0v) is 12.7. The van der Waals surface area contributed by atoms with Crippen LogP contribution < -0.4 is 4.90 Å². The van der Waals surface area contributed by atoms with Crippen LogP contribution in [0.25, 0.3) is 0 Å². The van der Waals surface area contributed by atoms with Gasteiger partial charge in [0.15, 0.2) is 0 Å². The van der Waals surface area contributed by atoms with E-state index in [0.29, 0.717) is 18.9 Å². The topological polar surface area (TPSA) is 60.9 Å². The second-order valence-electron chi connectivity index (χ2n) is 6.04. The van der Waals surface area contributed by atoms with Crippen LogP contribution in [0.2, 0.25) is 0 Å². The number of amides is 2. The lowest BCUT2D eigenvalue weighted by atomic mass is 9.93. The number of carbonyl (C=O) groups excluding carboxylic acids is 1. The van der Waals surface area contributed by atoms with Gasteiger partial charge in [-0.1, -0.05) is 32.0 Å². The zero-order valence-electron chi connectivity index (χ0n) is 12.7. The molecule has 1 aromatic carbocycles. The Labute approximate surface area is 125 Å². The molecule has 0 aliphatic carbocycles. The van der Waals surface area contributed by atoms with Gasteiger partial charge < -0.3 is 10.0 Å². The molecule has 1 heterocycles. The highest BCUT2D eigenvalue weighted by Crippen LogP contribution is 2.30. The van der Waals surface area contributed by atoms with Gasteiger partial charge in [-0.3, -0.25) is 9.69 Å². The zero-order chi connectivity index (χ0) is 15.6. The van der Waals surface area contributed by atoms with Crippen molar-refractivity contribution in [2.24, 2.45) is 11.8 Å². The average Bonchev–Trinajstić information content (AvgIpc) is 2.44. The van der Waals surface area contributed by atoms with E-state index < -0.39 is 11.9 Å². The minimum atomic E-state index is -0.853. The second kappa shape index (κ2) is 6.16. The first-order valence-electron chi connectivity index (χ1n) is 7.23. The van der Waals surface area contributed by atoms with Crippen molar-refractivity contribution in [3.63, 3.8) is 0 Å². The fraction of sp³-hybridized carbons (Fsp3) is 0.500. The van der Waals surface area contributed by atoms with Crippen LogP contribution in [0.15, 0.2) is 24.3 Å². The number of rotatable bonds is 3. The summed E-state index contributed by atoms with van der Waals surface area (Å²) in [5.41, 5.74) is 1.75. The Morgan fingerprint density at radius 1 is 1.38 bits per heavy atom. The summed E-state index contributed by atoms with van der Waals surface area (Å²) in [6.07, 6.45) is 0.475. The van der Waals surface area contributed by atoms with E-state index in [1.807, 2.05) is 38.1 Å². The molecule has 1 aromatic rings. The SMILES string of the molecule is CC(C)CN(C)C(=O)N1CC(C(=O)O)Cc2ccccc21. The highest BCUT2D eigenvalue weighted by atomic mass is 16.4. The molecular weight excluding hydrogens is 268 g/mol. The van der Waals surface area contributed by atoms with E-state index in [2.05, 4.69) is 0 Å². The number of fused-ring (bicyclic) bond motifs is 1. The van der Waals surface area contributed by atoms with E-state index in [0.717, 1.165) is 11.3 Å². The van der Waals surface area contributed by atoms with E-state index in [4.69, 9.17) is 0 Å². The third kappa shape index (κ3) is 3.35. The smallest absolute Gasteiger partial charge is 0.324 e. The molecular formula is C16H22N2O3. The van der Waals surface area contributed by atoms with Crippen LogP contribution >= 0.6 is 0 Å². The maximum Gasteiger partial charge on any atom is 0.324 e. The molecule has 1 aliphatic heterocycles. The minimum Gasteiger partial charge on any atom is -0.481 e. The van der Waals surface area contributed by atoms with Crippen LogP contribution in [-0.4, -0.2) is 42.1 Å². The van der Waals surface area contributed by atoms with Crippen molar-refractivity contribution in [3.8, 4) is 0 Å². The summed E-state index contributed by atoms with van der Waals surface area (Å²) in [5.74, 6) is -1.03. The molecule has 0 fully saturated rings. The van der Waals surface area contributed by atoms with E-state index in [1.165, 1.54) is 0 Å². The van der Waals surface area contributed by atoms with Crippen molar-refractivity contribution in [1.82, 2.24) is 4.90 Å². The molecule has 1 atom stereocenters. The average molecular weight is 290 g/mol. The van der Waals surface area contributed by atoms with Gasteiger partial charge in [0.05, 0.1) is 5.92 Å². The number of hydrogen-bond donors (Lipinski definition) is 1. The summed E-state index contributed by atoms with van der Waals surface area (Å²) in [7, 11) is 1.76. The highest BCUT2D eigenvalue weighted by Gasteiger charge is 2.33. The largest absolute Gasteiger partial charge is 0.481 e. The summed E-state index contributed by atoms with van der Waals surface area (Å²) >= 11 is 0. The van der Waals surface area contributed by atoms with Gasteiger partial charge in [-0.25, -0.2) is 4.79 Å². The fourth-order valence-electron chi connectivity index (χ4n) is 2.77. The number of hydrogen-bond acceptors (Lipinski definition) is 2. The molecule has 21 heavy (non-hydrogen) atoms. The Kier molecular flexibility index (Phi) is 4.50. The predicted octanol–water partition coefficient (Wildman–Crippen LogP) is 2.46. The van der Waals surface area contributed by atoms with Crippen LogP contribution in [0, 0.1) is 11.8 Å². The molecule has 1 unspecified atom stereocenters. The van der Waals surface area contributed by atoms with Gasteiger partial charge >= 0.3 is 12.0 Å². The molecule has 1 N–H and O–H groups in total. The normalized spacial score (nSPS) is 17.5. The van der Waals surface area contributed by atoms with Crippen molar-refractivity contribution >= 4 is 17.7 Å². The van der Waals surface area contributed by atoms with Gasteiger partial charge in [0.1, 0.15) is 0 Å². The highest BCUT2D eigenvalue weighted by molar-refractivity contribution is 5.94. The third-order valence-corrected chi connectivity index (χ3v) is 3.70. The predicted molar refractivity (Wildman–Crippen MR) is 81.5 cm³/mol. The van der Waals surface area contributed by atoms with E-state index in [9.17, 15) is 14.7 Å². The number of carboxylic acids is 1. The van der Waals surface area contributed by atoms with Gasteiger partial charge in [0, 0.05) is 25.8 Å². The Morgan fingerprint density at radius 2 is 2.05 bits per heavy atom. The number of carbonyl (C=O) groups is 2. The molecule has 0 aromatic heterocycles. The Hall–Kier alpha value is -2.04. The number of anilines is 1. The van der Waals surface area contributed by atoms with Crippen LogP contribution in [0.5, 0.6) is 0 Å². The Morgan fingerprint density at radius 3 is 2.67 bits per heavy atom. The van der Waals surface area contributed by atoms with Crippen LogP contribution in [0.3, 0.4) is 0 Å². The lowest BCUT2D eigenvalue weighted by Crippen LogP contribution is -2.48. The monoisotopic (exact) mass is 290 g/mol. The first kappa shape index (κ1) is 15.4. The summed E-state index contributed by atoms with van der Waals surface area (Å²) in [6, 6.07) is 7.40. The van der Waals surface area contributed by atoms with Gasteiger partial charge in [0.2, 0.25) is 0 Å². The number of carboxylic acid groups (broad SMARTS) is 1. The van der Waals surface area contributed by atoms with Gasteiger partial charge in [0.25, 0.3) is 0 Å². The molecule has 0 bridgehead atoms. The number of aliphatic carboxylic acids is 1. The van der Waals surface area contributed by atoms with Crippen molar-refractivity contribution in [2.45, 2.75) is 20.3 Å². The molecule has 0 saturated carbocycles. The summed E-state index contributed by atoms with van der Waals surface area (Å²) in [4.78, 5) is 27.2. The molecule has 0 spiro atoms. The molecule has 1 aliphatic rings. The molecule has 2 rings (SSSR count). The third-order valence-electron chi connectivity index (χ3n) is 3.70. The molecule has 0 saturated heterocycles. The van der Waals surface area contributed by atoms with Crippen molar-refractivity contribution in [2.75, 3.05) is 25.0 Å². The second-order valence-corrected chi connectivity index (χ2v) is 6.04.